The van der Waals surface area contributed by atoms with E-state index in [0.29, 0.717) is 11.7 Å². The highest BCUT2D eigenvalue weighted by molar-refractivity contribution is 5.50. The second-order valence-electron chi connectivity index (χ2n) is 3.88. The Labute approximate surface area is 89.6 Å². The van der Waals surface area contributed by atoms with Crippen LogP contribution in [0, 0.1) is 11.3 Å². The zero-order valence-corrected chi connectivity index (χ0v) is 8.85. The van der Waals surface area contributed by atoms with Crippen molar-refractivity contribution in [1.82, 2.24) is 9.97 Å². The smallest absolute Gasteiger partial charge is 0.183 e. The molecule has 0 saturated carbocycles. The molecule has 0 bridgehead atoms. The highest BCUT2D eigenvalue weighted by atomic mass is 15.2. The summed E-state index contributed by atoms with van der Waals surface area (Å²) in [6.45, 7) is 3.16. The van der Waals surface area contributed by atoms with Crippen molar-refractivity contribution in [1.29, 1.82) is 5.26 Å². The molecule has 2 heterocycles. The van der Waals surface area contributed by atoms with Crippen LogP contribution in [0.4, 0.5) is 5.82 Å². The Bertz CT molecular complexity index is 382. The predicted molar refractivity (Wildman–Crippen MR) is 57.4 cm³/mol. The molecule has 0 aliphatic carbocycles. The molecular weight excluding hydrogens is 188 g/mol. The van der Waals surface area contributed by atoms with Crippen LogP contribution in [0.25, 0.3) is 0 Å². The summed E-state index contributed by atoms with van der Waals surface area (Å²) in [5.74, 6) is 0.743. The zero-order valence-electron chi connectivity index (χ0n) is 8.85. The van der Waals surface area contributed by atoms with E-state index in [1.165, 1.54) is 19.3 Å². The molecule has 2 rings (SSSR count). The average Bonchev–Trinajstić information content (AvgIpc) is 2.30. The Balaban J connectivity index is 2.31. The largest absolute Gasteiger partial charge is 0.352 e. The van der Waals surface area contributed by atoms with Crippen molar-refractivity contribution in [3.8, 4) is 6.07 Å². The highest BCUT2D eigenvalue weighted by Crippen LogP contribution is 2.24. The molecule has 0 spiro atoms. The minimum absolute atomic E-state index is 0.436. The Morgan fingerprint density at radius 2 is 2.20 bits per heavy atom. The van der Waals surface area contributed by atoms with Crippen molar-refractivity contribution in [2.75, 3.05) is 11.4 Å². The normalized spacial score (nSPS) is 21.1. The first-order valence-corrected chi connectivity index (χ1v) is 5.30. The van der Waals surface area contributed by atoms with Crippen molar-refractivity contribution in [2.45, 2.75) is 32.2 Å². The molecule has 0 amide bonds. The topological polar surface area (TPSA) is 52.8 Å². The zero-order chi connectivity index (χ0) is 10.7. The average molecular weight is 202 g/mol. The van der Waals surface area contributed by atoms with Crippen molar-refractivity contribution >= 4 is 5.82 Å². The first-order valence-electron chi connectivity index (χ1n) is 5.30. The van der Waals surface area contributed by atoms with Crippen molar-refractivity contribution in [3.05, 3.63) is 18.1 Å². The number of nitrogens with zero attached hydrogens (tertiary/aromatic N) is 4. The van der Waals surface area contributed by atoms with Crippen molar-refractivity contribution < 1.29 is 0 Å². The van der Waals surface area contributed by atoms with Gasteiger partial charge < -0.3 is 4.90 Å². The highest BCUT2D eigenvalue weighted by Gasteiger charge is 2.22. The molecule has 78 valence electrons. The van der Waals surface area contributed by atoms with E-state index in [4.69, 9.17) is 5.26 Å². The standard InChI is InChI=1S/C11H14N4/c1-9-4-2-3-7-15(9)11-10(8-12)13-5-6-14-11/h5-6,9H,2-4,7H2,1H3/t9-/m1/s1. The monoisotopic (exact) mass is 202 g/mol. The Kier molecular flexibility index (Phi) is 2.82. The van der Waals surface area contributed by atoms with Gasteiger partial charge in [-0.2, -0.15) is 5.26 Å². The first kappa shape index (κ1) is 9.91. The van der Waals surface area contributed by atoms with Crippen LogP contribution in [0.5, 0.6) is 0 Å². The SMILES string of the molecule is C[C@@H]1CCCCN1c1nccnc1C#N. The molecule has 0 N–H and O–H groups in total. The molecule has 15 heavy (non-hydrogen) atoms. The molecule has 1 aromatic heterocycles. The van der Waals surface area contributed by atoms with Crippen LogP contribution < -0.4 is 4.90 Å². The number of hydrogen-bond donors (Lipinski definition) is 0. The van der Waals surface area contributed by atoms with Gasteiger partial charge in [-0.1, -0.05) is 0 Å². The predicted octanol–water partition coefficient (Wildman–Crippen LogP) is 1.73. The lowest BCUT2D eigenvalue weighted by molar-refractivity contribution is 0.480. The molecule has 1 aliphatic heterocycles. The number of rotatable bonds is 1. The molecular formula is C11H14N4. The maximum absolute atomic E-state index is 8.96. The number of nitriles is 1. The molecule has 1 aromatic rings. The number of piperidine rings is 1. The summed E-state index contributed by atoms with van der Waals surface area (Å²) < 4.78 is 0. The summed E-state index contributed by atoms with van der Waals surface area (Å²) in [5.41, 5.74) is 0.436. The summed E-state index contributed by atoms with van der Waals surface area (Å²) in [6, 6.07) is 2.56. The molecule has 1 atom stereocenters. The van der Waals surface area contributed by atoms with Crippen LogP contribution >= 0.6 is 0 Å². The molecule has 0 aromatic carbocycles. The fourth-order valence-electron chi connectivity index (χ4n) is 2.03. The Hall–Kier alpha value is -1.63. The minimum atomic E-state index is 0.436. The van der Waals surface area contributed by atoms with Gasteiger partial charge in [0.2, 0.25) is 0 Å². The van der Waals surface area contributed by atoms with Gasteiger partial charge in [-0.3, -0.25) is 0 Å². The molecule has 1 saturated heterocycles. The van der Waals surface area contributed by atoms with Crippen LogP contribution in [-0.2, 0) is 0 Å². The second kappa shape index (κ2) is 4.26. The quantitative estimate of drug-likeness (QED) is 0.696. The number of anilines is 1. The third-order valence-corrected chi connectivity index (χ3v) is 2.86. The molecule has 1 aliphatic rings. The lowest BCUT2D eigenvalue weighted by Gasteiger charge is -2.34. The van der Waals surface area contributed by atoms with Crippen LogP contribution in [0.1, 0.15) is 31.9 Å². The first-order chi connectivity index (χ1) is 7.33. The molecule has 0 radical (unpaired) electrons. The molecule has 4 nitrogen and oxygen atoms in total. The van der Waals surface area contributed by atoms with Gasteiger partial charge in [-0.25, -0.2) is 9.97 Å². The maximum atomic E-state index is 8.96. The van der Waals surface area contributed by atoms with Gasteiger partial charge in [0.25, 0.3) is 0 Å². The number of hydrogen-bond acceptors (Lipinski definition) is 4. The summed E-state index contributed by atoms with van der Waals surface area (Å²) in [4.78, 5) is 10.5. The molecule has 4 heteroatoms. The van der Waals surface area contributed by atoms with E-state index in [0.717, 1.165) is 12.4 Å². The fraction of sp³-hybridized carbons (Fsp3) is 0.545. The van der Waals surface area contributed by atoms with E-state index in [9.17, 15) is 0 Å². The van der Waals surface area contributed by atoms with Gasteiger partial charge in [0, 0.05) is 25.0 Å². The fourth-order valence-corrected chi connectivity index (χ4v) is 2.03. The molecule has 0 unspecified atom stereocenters. The lowest BCUT2D eigenvalue weighted by atomic mass is 10.0. The van der Waals surface area contributed by atoms with E-state index >= 15 is 0 Å². The van der Waals surface area contributed by atoms with Gasteiger partial charge >= 0.3 is 0 Å². The van der Waals surface area contributed by atoms with Gasteiger partial charge in [0.15, 0.2) is 11.5 Å². The van der Waals surface area contributed by atoms with E-state index in [-0.39, 0.29) is 0 Å². The molecule has 1 fully saturated rings. The Morgan fingerprint density at radius 1 is 1.40 bits per heavy atom. The summed E-state index contributed by atoms with van der Waals surface area (Å²) in [6.07, 6.45) is 6.82. The minimum Gasteiger partial charge on any atom is -0.352 e. The van der Waals surface area contributed by atoms with Crippen LogP contribution in [-0.4, -0.2) is 22.6 Å². The van der Waals surface area contributed by atoms with Gasteiger partial charge in [0.1, 0.15) is 6.07 Å². The third-order valence-electron chi connectivity index (χ3n) is 2.86. The lowest BCUT2D eigenvalue weighted by Crippen LogP contribution is -2.38. The van der Waals surface area contributed by atoms with E-state index in [1.807, 2.05) is 0 Å². The van der Waals surface area contributed by atoms with Gasteiger partial charge in [-0.15, -0.1) is 0 Å². The van der Waals surface area contributed by atoms with Gasteiger partial charge in [0.05, 0.1) is 0 Å². The van der Waals surface area contributed by atoms with Crippen molar-refractivity contribution in [3.63, 3.8) is 0 Å². The van der Waals surface area contributed by atoms with Crippen LogP contribution in [0.3, 0.4) is 0 Å². The van der Waals surface area contributed by atoms with E-state index in [2.05, 4.69) is 27.9 Å². The van der Waals surface area contributed by atoms with Crippen LogP contribution in [0.2, 0.25) is 0 Å². The van der Waals surface area contributed by atoms with Gasteiger partial charge in [-0.05, 0) is 26.2 Å². The maximum Gasteiger partial charge on any atom is 0.183 e. The summed E-state index contributed by atoms with van der Waals surface area (Å²) >= 11 is 0. The third kappa shape index (κ3) is 1.91. The number of aromatic nitrogens is 2. The Morgan fingerprint density at radius 3 is 2.93 bits per heavy atom. The van der Waals surface area contributed by atoms with E-state index in [1.54, 1.807) is 12.4 Å². The van der Waals surface area contributed by atoms with Crippen LogP contribution in [0.15, 0.2) is 12.4 Å². The second-order valence-corrected chi connectivity index (χ2v) is 3.88. The summed E-state index contributed by atoms with van der Waals surface area (Å²) in [7, 11) is 0. The summed E-state index contributed by atoms with van der Waals surface area (Å²) in [5, 5.41) is 8.96. The van der Waals surface area contributed by atoms with Crippen molar-refractivity contribution in [2.24, 2.45) is 0 Å². The van der Waals surface area contributed by atoms with E-state index < -0.39 is 0 Å².